The Morgan fingerprint density at radius 3 is 1.74 bits per heavy atom. The molecule has 0 radical (unpaired) electrons. The Morgan fingerprint density at radius 2 is 1.37 bits per heavy atom. The van der Waals surface area contributed by atoms with Gasteiger partial charge in [0.1, 0.15) is 6.10 Å². The highest BCUT2D eigenvalue weighted by molar-refractivity contribution is 9.09. The van der Waals surface area contributed by atoms with E-state index < -0.39 is 46.4 Å². The van der Waals surface area contributed by atoms with E-state index in [1.54, 1.807) is 13.8 Å². The SMILES string of the molecule is CC1(C)C(Br)CC1Oc1c(F)c(F)c(F)c(F)c1F. The fourth-order valence-corrected chi connectivity index (χ4v) is 2.50. The second kappa shape index (κ2) is 4.61. The third-order valence-corrected chi connectivity index (χ3v) is 5.04. The van der Waals surface area contributed by atoms with Crippen molar-refractivity contribution < 1.29 is 26.7 Å². The lowest BCUT2D eigenvalue weighted by Gasteiger charge is -2.48. The molecule has 1 nitrogen and oxygen atoms in total. The van der Waals surface area contributed by atoms with Crippen molar-refractivity contribution in [3.63, 3.8) is 0 Å². The number of rotatable bonds is 2. The topological polar surface area (TPSA) is 9.23 Å². The predicted octanol–water partition coefficient (Wildman–Crippen LogP) is 4.32. The molecule has 2 atom stereocenters. The molecule has 0 heterocycles. The van der Waals surface area contributed by atoms with Gasteiger partial charge in [-0.25, -0.2) is 13.2 Å². The predicted molar refractivity (Wildman–Crippen MR) is 61.8 cm³/mol. The van der Waals surface area contributed by atoms with Gasteiger partial charge in [-0.3, -0.25) is 0 Å². The third kappa shape index (κ3) is 2.11. The van der Waals surface area contributed by atoms with Crippen LogP contribution in [0.4, 0.5) is 22.0 Å². The van der Waals surface area contributed by atoms with Gasteiger partial charge in [0.25, 0.3) is 0 Å². The Hall–Kier alpha value is -0.850. The number of halogens is 6. The van der Waals surface area contributed by atoms with Gasteiger partial charge in [-0.2, -0.15) is 8.78 Å². The van der Waals surface area contributed by atoms with Gasteiger partial charge in [-0.1, -0.05) is 29.8 Å². The van der Waals surface area contributed by atoms with Crippen LogP contribution in [0.15, 0.2) is 0 Å². The molecule has 1 aliphatic rings. The van der Waals surface area contributed by atoms with Crippen molar-refractivity contribution in [2.75, 3.05) is 0 Å². The quantitative estimate of drug-likeness (QED) is 0.336. The summed E-state index contributed by atoms with van der Waals surface area (Å²) in [6.45, 7) is 3.54. The minimum Gasteiger partial charge on any atom is -0.484 e. The second-order valence-corrected chi connectivity index (χ2v) is 6.14. The van der Waals surface area contributed by atoms with Gasteiger partial charge in [-0.05, 0) is 6.42 Å². The first kappa shape index (κ1) is 14.6. The van der Waals surface area contributed by atoms with Crippen LogP contribution in [0, 0.1) is 34.5 Å². The Bertz CT molecular complexity index is 502. The molecule has 1 aliphatic carbocycles. The molecular formula is C12H10BrF5O. The van der Waals surface area contributed by atoms with Crippen molar-refractivity contribution in [2.45, 2.75) is 31.2 Å². The summed E-state index contributed by atoms with van der Waals surface area (Å²) in [4.78, 5) is 0.0614. The van der Waals surface area contributed by atoms with Crippen molar-refractivity contribution in [1.29, 1.82) is 0 Å². The van der Waals surface area contributed by atoms with Gasteiger partial charge in [0.05, 0.1) is 0 Å². The summed E-state index contributed by atoms with van der Waals surface area (Å²) in [5, 5.41) is 0. The Kier molecular flexibility index (Phi) is 3.53. The van der Waals surface area contributed by atoms with E-state index in [0.717, 1.165) is 0 Å². The van der Waals surface area contributed by atoms with Crippen LogP contribution >= 0.6 is 15.9 Å². The number of hydrogen-bond donors (Lipinski definition) is 0. The first-order chi connectivity index (χ1) is 8.67. The van der Waals surface area contributed by atoms with Gasteiger partial charge >= 0.3 is 0 Å². The molecule has 0 aromatic heterocycles. The molecule has 0 spiro atoms. The van der Waals surface area contributed by atoms with Gasteiger partial charge in [0, 0.05) is 10.2 Å². The first-order valence-corrected chi connectivity index (χ1v) is 6.41. The summed E-state index contributed by atoms with van der Waals surface area (Å²) in [6, 6.07) is 0. The molecule has 106 valence electrons. The molecule has 0 aliphatic heterocycles. The smallest absolute Gasteiger partial charge is 0.207 e. The van der Waals surface area contributed by atoms with E-state index in [9.17, 15) is 22.0 Å². The fourth-order valence-electron chi connectivity index (χ4n) is 1.87. The van der Waals surface area contributed by atoms with Crippen LogP contribution in [0.25, 0.3) is 0 Å². The van der Waals surface area contributed by atoms with Crippen LogP contribution in [0.5, 0.6) is 5.75 Å². The van der Waals surface area contributed by atoms with E-state index in [1.165, 1.54) is 0 Å². The Morgan fingerprint density at radius 1 is 0.947 bits per heavy atom. The summed E-state index contributed by atoms with van der Waals surface area (Å²) in [7, 11) is 0. The van der Waals surface area contributed by atoms with Gasteiger partial charge < -0.3 is 4.74 Å². The van der Waals surface area contributed by atoms with Crippen LogP contribution < -0.4 is 4.74 Å². The highest BCUT2D eigenvalue weighted by atomic mass is 79.9. The molecule has 1 aromatic rings. The van der Waals surface area contributed by atoms with Gasteiger partial charge in [-0.15, -0.1) is 0 Å². The van der Waals surface area contributed by atoms with E-state index in [1.807, 2.05) is 0 Å². The monoisotopic (exact) mass is 344 g/mol. The summed E-state index contributed by atoms with van der Waals surface area (Å²) in [5.41, 5.74) is -0.458. The maximum Gasteiger partial charge on any atom is 0.207 e. The zero-order valence-corrected chi connectivity index (χ0v) is 11.6. The molecule has 2 unspecified atom stereocenters. The minimum atomic E-state index is -2.19. The summed E-state index contributed by atoms with van der Waals surface area (Å²) in [6.07, 6.45) is -0.197. The standard InChI is InChI=1S/C12H10BrF5O/c1-12(2)4(13)3-5(12)19-11-9(17)7(15)6(14)8(16)10(11)18/h4-5H,3H2,1-2H3. The van der Waals surface area contributed by atoms with Crippen molar-refractivity contribution >= 4 is 15.9 Å². The molecule has 19 heavy (non-hydrogen) atoms. The molecule has 1 aromatic carbocycles. The van der Waals surface area contributed by atoms with Gasteiger partial charge in [0.15, 0.2) is 5.75 Å². The lowest BCUT2D eigenvalue weighted by atomic mass is 9.69. The molecule has 1 fully saturated rings. The largest absolute Gasteiger partial charge is 0.484 e. The molecule has 2 rings (SSSR count). The van der Waals surface area contributed by atoms with E-state index >= 15 is 0 Å². The lowest BCUT2D eigenvalue weighted by molar-refractivity contribution is -0.0139. The van der Waals surface area contributed by atoms with Crippen molar-refractivity contribution in [2.24, 2.45) is 5.41 Å². The van der Waals surface area contributed by atoms with E-state index in [4.69, 9.17) is 4.74 Å². The van der Waals surface area contributed by atoms with Crippen molar-refractivity contribution in [1.82, 2.24) is 0 Å². The second-order valence-electron chi connectivity index (χ2n) is 5.03. The first-order valence-electron chi connectivity index (χ1n) is 5.50. The number of hydrogen-bond acceptors (Lipinski definition) is 1. The van der Waals surface area contributed by atoms with Crippen LogP contribution in [0.1, 0.15) is 20.3 Å². The van der Waals surface area contributed by atoms with Crippen molar-refractivity contribution in [3.05, 3.63) is 29.1 Å². The molecular weight excluding hydrogens is 335 g/mol. The van der Waals surface area contributed by atoms with Crippen LogP contribution in [0.2, 0.25) is 0 Å². The van der Waals surface area contributed by atoms with E-state index in [0.29, 0.717) is 6.42 Å². The number of ether oxygens (including phenoxy) is 1. The molecule has 0 amide bonds. The van der Waals surface area contributed by atoms with Crippen LogP contribution in [-0.4, -0.2) is 10.9 Å². The van der Waals surface area contributed by atoms with Crippen molar-refractivity contribution in [3.8, 4) is 5.75 Å². The minimum absolute atomic E-state index is 0.0614. The fraction of sp³-hybridized carbons (Fsp3) is 0.500. The van der Waals surface area contributed by atoms with Crippen LogP contribution in [-0.2, 0) is 0 Å². The molecule has 0 saturated heterocycles. The van der Waals surface area contributed by atoms with Gasteiger partial charge in [0.2, 0.25) is 29.1 Å². The van der Waals surface area contributed by atoms with Crippen LogP contribution in [0.3, 0.4) is 0 Å². The molecule has 1 saturated carbocycles. The van der Waals surface area contributed by atoms with E-state index in [2.05, 4.69) is 15.9 Å². The summed E-state index contributed by atoms with van der Waals surface area (Å²) in [5.74, 6) is -11.3. The third-order valence-electron chi connectivity index (χ3n) is 3.49. The number of alkyl halides is 1. The highest BCUT2D eigenvalue weighted by Crippen LogP contribution is 2.48. The zero-order chi connectivity index (χ0) is 14.5. The highest BCUT2D eigenvalue weighted by Gasteiger charge is 2.49. The number of benzene rings is 1. The lowest BCUT2D eigenvalue weighted by Crippen LogP contribution is -2.53. The Labute approximate surface area is 114 Å². The molecule has 0 N–H and O–H groups in total. The average Bonchev–Trinajstić information content (AvgIpc) is 2.37. The molecule has 0 bridgehead atoms. The molecule has 7 heteroatoms. The summed E-state index contributed by atoms with van der Waals surface area (Å²) < 4.78 is 70.7. The Balaban J connectivity index is 2.37. The normalized spacial score (nSPS) is 25.1. The maximum atomic E-state index is 13.4. The summed E-state index contributed by atoms with van der Waals surface area (Å²) >= 11 is 3.34. The van der Waals surface area contributed by atoms with E-state index in [-0.39, 0.29) is 4.83 Å². The maximum absolute atomic E-state index is 13.4. The zero-order valence-electron chi connectivity index (χ0n) is 10.0. The average molecular weight is 345 g/mol.